The Bertz CT molecular complexity index is 6180. The molecule has 7 heteroatoms. The van der Waals surface area contributed by atoms with Crippen molar-refractivity contribution in [1.82, 2.24) is 28.2 Å². The van der Waals surface area contributed by atoms with Gasteiger partial charge in [-0.3, -0.25) is 9.13 Å². The van der Waals surface area contributed by atoms with Crippen LogP contribution in [0, 0.1) is 0 Å². The molecule has 0 saturated heterocycles. The Morgan fingerprint density at radius 3 is 0.897 bits per heavy atom. The van der Waals surface area contributed by atoms with Crippen LogP contribution in [0.15, 0.2) is 340 Å². The summed E-state index contributed by atoms with van der Waals surface area (Å²) in [6, 6.07) is 124. The maximum Gasteiger partial charge on any atom is 0.165 e. The molecule has 0 fully saturated rings. The van der Waals surface area contributed by atoms with Crippen molar-refractivity contribution in [2.45, 2.75) is 0 Å². The highest BCUT2D eigenvalue weighted by molar-refractivity contribution is 7.21. The molecule has 6 aromatic heterocycles. The fourth-order valence-electron chi connectivity index (χ4n) is 15.5. The van der Waals surface area contributed by atoms with Gasteiger partial charge in [-0.05, 0) is 135 Å². The van der Waals surface area contributed by atoms with Crippen LogP contribution >= 0.6 is 11.3 Å². The predicted molar refractivity (Wildman–Crippen MR) is 407 cm³/mol. The van der Waals surface area contributed by atoms with Crippen LogP contribution in [0.1, 0.15) is 0 Å². The van der Waals surface area contributed by atoms with Crippen LogP contribution in [0.25, 0.3) is 187 Å². The van der Waals surface area contributed by atoms with Gasteiger partial charge in [-0.1, -0.05) is 255 Å². The van der Waals surface area contributed by atoms with E-state index in [1.54, 1.807) is 11.3 Å². The summed E-state index contributed by atoms with van der Waals surface area (Å²) in [4.78, 5) is 12.3. The number of para-hydroxylation sites is 5. The number of hydrogen-bond donors (Lipinski definition) is 0. The minimum absolute atomic E-state index is 0.764. The van der Waals surface area contributed by atoms with E-state index < -0.39 is 0 Å². The molecule has 0 radical (unpaired) electrons. The normalized spacial score (nSPS) is 11.9. The number of aromatic nitrogens is 6. The van der Waals surface area contributed by atoms with Crippen molar-refractivity contribution in [2.24, 2.45) is 0 Å². The maximum atomic E-state index is 6.68. The van der Waals surface area contributed by atoms with Gasteiger partial charge in [0.05, 0.1) is 54.4 Å². The second-order valence-corrected chi connectivity index (χ2v) is 26.2. The molecule has 452 valence electrons. The average molecular weight is 1250 g/mol. The lowest BCUT2D eigenvalue weighted by Crippen LogP contribution is -2.16. The number of nitrogens with zero attached hydrogens (tertiary/aromatic N) is 6. The molecular formula is C90H56N6S. The maximum absolute atomic E-state index is 6.68. The average Bonchev–Trinajstić information content (AvgIpc) is 1.60. The van der Waals surface area contributed by atoms with Crippen LogP contribution in [0.4, 0.5) is 0 Å². The van der Waals surface area contributed by atoms with Crippen molar-refractivity contribution in [2.75, 3.05) is 0 Å². The van der Waals surface area contributed by atoms with E-state index in [4.69, 9.17) is 9.97 Å². The largest absolute Gasteiger partial charge is 0.305 e. The van der Waals surface area contributed by atoms with Crippen LogP contribution in [0.5, 0.6) is 0 Å². The van der Waals surface area contributed by atoms with Crippen molar-refractivity contribution in [1.29, 1.82) is 0 Å². The van der Waals surface area contributed by atoms with Crippen molar-refractivity contribution >= 4 is 109 Å². The van der Waals surface area contributed by atoms with E-state index >= 15 is 0 Å². The molecule has 0 unspecified atom stereocenters. The van der Waals surface area contributed by atoms with Crippen LogP contribution in [0.2, 0.25) is 0 Å². The number of rotatable bonds is 10. The zero-order chi connectivity index (χ0) is 63.7. The van der Waals surface area contributed by atoms with Gasteiger partial charge in [0.2, 0.25) is 0 Å². The molecule has 0 saturated carbocycles. The van der Waals surface area contributed by atoms with Crippen molar-refractivity contribution in [3.05, 3.63) is 340 Å². The monoisotopic (exact) mass is 1250 g/mol. The van der Waals surface area contributed by atoms with Crippen LogP contribution in [-0.4, -0.2) is 28.2 Å². The predicted octanol–water partition coefficient (Wildman–Crippen LogP) is 24.1. The molecule has 0 aliphatic rings. The standard InChI is InChI=1S/C90H56N6S/c1-5-25-57(26-6-1)61-45-49-80-71(53-61)65-33-15-20-40-76(65)93(80)86-85(69-37-13-14-38-70(69)90-91-75-39-19-24-44-84(75)97-90)87(94-77-41-21-16-34-66(77)72-54-62(46-50-81(72)94)58-27-7-2-8-28-58)89(96-79-43-23-18-36-68(79)74-56-64(48-52-83(74)96)60-31-11-4-12-32-60)92-88(86)95-78-42-22-17-35-67(78)73-55-63(47-51-82(73)95)59-29-9-3-10-30-59/h1-56H. The highest BCUT2D eigenvalue weighted by Crippen LogP contribution is 2.52. The third-order valence-corrected chi connectivity index (χ3v) is 20.9. The summed E-state index contributed by atoms with van der Waals surface area (Å²) in [6.07, 6.45) is 0. The first-order chi connectivity index (χ1) is 48.1. The number of fused-ring (bicyclic) bond motifs is 13. The molecule has 14 aromatic carbocycles. The van der Waals surface area contributed by atoms with E-state index in [0.717, 1.165) is 187 Å². The SMILES string of the molecule is c1ccc(-c2ccc3c(c2)c2ccccc2n3-c2nc(-n3c4ccccc4c4cc(-c5ccccc5)ccc43)c(-n3c4ccccc4c4cc(-c5ccccc5)ccc43)c(-c3ccccc3-c3nc4ccccc4s3)c2-n2c3ccccc3c3cc(-c4ccccc4)ccc32)cc1. The van der Waals surface area contributed by atoms with E-state index in [9.17, 15) is 0 Å². The molecule has 20 aromatic rings. The fraction of sp³-hybridized carbons (Fsp3) is 0. The highest BCUT2D eigenvalue weighted by atomic mass is 32.1. The Morgan fingerprint density at radius 2 is 0.515 bits per heavy atom. The summed E-state index contributed by atoms with van der Waals surface area (Å²) >= 11 is 1.73. The molecule has 0 bridgehead atoms. The second kappa shape index (κ2) is 22.0. The van der Waals surface area contributed by atoms with Crippen molar-refractivity contribution < 1.29 is 0 Å². The molecule has 0 atom stereocenters. The van der Waals surface area contributed by atoms with Crippen molar-refractivity contribution in [3.63, 3.8) is 0 Å². The fourth-order valence-corrected chi connectivity index (χ4v) is 16.5. The zero-order valence-corrected chi connectivity index (χ0v) is 53.2. The van der Waals surface area contributed by atoms with Gasteiger partial charge in [-0.15, -0.1) is 11.3 Å². The van der Waals surface area contributed by atoms with Gasteiger partial charge < -0.3 is 9.13 Å². The van der Waals surface area contributed by atoms with Gasteiger partial charge in [0.15, 0.2) is 11.6 Å². The van der Waals surface area contributed by atoms with Gasteiger partial charge in [0.25, 0.3) is 0 Å². The Kier molecular flexibility index (Phi) is 12.4. The van der Waals surface area contributed by atoms with Crippen molar-refractivity contribution in [3.8, 4) is 89.2 Å². The number of thiazole rings is 1. The minimum Gasteiger partial charge on any atom is -0.305 e. The molecule has 0 aliphatic carbocycles. The number of hydrogen-bond acceptors (Lipinski definition) is 3. The molecule has 0 aliphatic heterocycles. The van der Waals surface area contributed by atoms with E-state index in [1.165, 1.54) is 0 Å². The second-order valence-electron chi connectivity index (χ2n) is 25.2. The third-order valence-electron chi connectivity index (χ3n) is 19.8. The van der Waals surface area contributed by atoms with E-state index in [0.29, 0.717) is 0 Å². The zero-order valence-electron chi connectivity index (χ0n) is 52.4. The van der Waals surface area contributed by atoms with E-state index in [-0.39, 0.29) is 0 Å². The molecule has 6 heterocycles. The molecule has 6 nitrogen and oxygen atoms in total. The summed E-state index contributed by atoms with van der Waals surface area (Å²) in [5.41, 5.74) is 23.3. The van der Waals surface area contributed by atoms with E-state index in [1.807, 2.05) is 0 Å². The first-order valence-electron chi connectivity index (χ1n) is 33.0. The first-order valence-corrected chi connectivity index (χ1v) is 33.9. The molecule has 0 spiro atoms. The van der Waals surface area contributed by atoms with Crippen LogP contribution < -0.4 is 0 Å². The summed E-state index contributed by atoms with van der Waals surface area (Å²) in [5, 5.41) is 9.97. The lowest BCUT2D eigenvalue weighted by Gasteiger charge is -2.27. The smallest absolute Gasteiger partial charge is 0.165 e. The Labute approximate surface area is 562 Å². The third kappa shape index (κ3) is 8.59. The van der Waals surface area contributed by atoms with Crippen LogP contribution in [-0.2, 0) is 0 Å². The van der Waals surface area contributed by atoms with Crippen LogP contribution in [0.3, 0.4) is 0 Å². The Morgan fingerprint density at radius 1 is 0.216 bits per heavy atom. The van der Waals surface area contributed by atoms with Gasteiger partial charge >= 0.3 is 0 Å². The van der Waals surface area contributed by atoms with E-state index in [2.05, 4.69) is 358 Å². The van der Waals surface area contributed by atoms with Gasteiger partial charge in [-0.2, -0.15) is 0 Å². The summed E-state index contributed by atoms with van der Waals surface area (Å²) in [5.74, 6) is 1.53. The summed E-state index contributed by atoms with van der Waals surface area (Å²) in [7, 11) is 0. The first kappa shape index (κ1) is 54.8. The Hall–Kier alpha value is -12.7. The molecule has 20 rings (SSSR count). The topological polar surface area (TPSA) is 45.5 Å². The molecule has 97 heavy (non-hydrogen) atoms. The molecular weight excluding hydrogens is 1200 g/mol. The summed E-state index contributed by atoms with van der Waals surface area (Å²) in [6.45, 7) is 0. The number of benzene rings is 14. The quantitative estimate of drug-likeness (QED) is 0.137. The van der Waals surface area contributed by atoms with Gasteiger partial charge in [-0.25, -0.2) is 9.97 Å². The lowest BCUT2D eigenvalue weighted by molar-refractivity contribution is 0.961. The lowest BCUT2D eigenvalue weighted by atomic mass is 9.95. The Balaban J connectivity index is 1.05. The summed E-state index contributed by atoms with van der Waals surface area (Å²) < 4.78 is 11.2. The highest BCUT2D eigenvalue weighted by Gasteiger charge is 2.34. The molecule has 0 N–H and O–H groups in total. The minimum atomic E-state index is 0.764. The number of pyridine rings is 1. The van der Waals surface area contributed by atoms with Gasteiger partial charge in [0.1, 0.15) is 16.4 Å². The molecule has 0 amide bonds. The van der Waals surface area contributed by atoms with Gasteiger partial charge in [0, 0.05) is 54.2 Å².